The van der Waals surface area contributed by atoms with Crippen molar-refractivity contribution in [3.05, 3.63) is 36.5 Å². The van der Waals surface area contributed by atoms with E-state index in [2.05, 4.69) is 64.2 Å². The highest BCUT2D eigenvalue weighted by Crippen LogP contribution is 2.36. The molecule has 0 bridgehead atoms. The maximum atomic E-state index is 10.8. The zero-order chi connectivity index (χ0) is 14.0. The molecule has 0 spiro atoms. The molecule has 0 fully saturated rings. The van der Waals surface area contributed by atoms with Crippen LogP contribution < -0.4 is 0 Å². The standard InChI is InChI=1S/C18H28O/c1-13-7-5-9-17(15(13)3)10-12-18(19)11-6-8-14(2)16(18)4/h5-8,10,12-17,19H,9,11H2,1-4H3. The van der Waals surface area contributed by atoms with Gasteiger partial charge in [0.25, 0.3) is 0 Å². The summed E-state index contributed by atoms with van der Waals surface area (Å²) in [6, 6.07) is 0. The van der Waals surface area contributed by atoms with Gasteiger partial charge in [-0.1, -0.05) is 64.2 Å². The molecular formula is C18H28O. The van der Waals surface area contributed by atoms with Crippen LogP contribution in [0.3, 0.4) is 0 Å². The van der Waals surface area contributed by atoms with Gasteiger partial charge >= 0.3 is 0 Å². The summed E-state index contributed by atoms with van der Waals surface area (Å²) < 4.78 is 0. The van der Waals surface area contributed by atoms with Crippen molar-refractivity contribution in [2.45, 2.75) is 46.1 Å². The highest BCUT2D eigenvalue weighted by atomic mass is 16.3. The third kappa shape index (κ3) is 3.02. The van der Waals surface area contributed by atoms with Crippen molar-refractivity contribution < 1.29 is 5.11 Å². The lowest BCUT2D eigenvalue weighted by molar-refractivity contribution is 0.0163. The Labute approximate surface area is 118 Å². The average Bonchev–Trinajstić information content (AvgIpc) is 2.38. The van der Waals surface area contributed by atoms with Crippen LogP contribution in [0.5, 0.6) is 0 Å². The van der Waals surface area contributed by atoms with E-state index < -0.39 is 5.60 Å². The summed E-state index contributed by atoms with van der Waals surface area (Å²) in [5.74, 6) is 2.61. The molecule has 106 valence electrons. The van der Waals surface area contributed by atoms with Crippen LogP contribution >= 0.6 is 0 Å². The second-order valence-corrected chi connectivity index (χ2v) is 6.68. The summed E-state index contributed by atoms with van der Waals surface area (Å²) in [6.45, 7) is 8.95. The first-order chi connectivity index (χ1) is 8.94. The van der Waals surface area contributed by atoms with Gasteiger partial charge in [0.05, 0.1) is 5.60 Å². The lowest BCUT2D eigenvalue weighted by Crippen LogP contribution is -2.39. The number of hydrogen-bond donors (Lipinski definition) is 1. The van der Waals surface area contributed by atoms with E-state index >= 15 is 0 Å². The smallest absolute Gasteiger partial charge is 0.0892 e. The SMILES string of the molecule is CC1C=CCC(C=CC2(O)CC=CC(C)C2C)C1C. The fourth-order valence-corrected chi connectivity index (χ4v) is 3.27. The molecule has 0 aromatic carbocycles. The first kappa shape index (κ1) is 14.6. The van der Waals surface area contributed by atoms with E-state index in [1.165, 1.54) is 0 Å². The Morgan fingerprint density at radius 1 is 1.05 bits per heavy atom. The van der Waals surface area contributed by atoms with Crippen molar-refractivity contribution >= 4 is 0 Å². The topological polar surface area (TPSA) is 20.2 Å². The molecule has 6 atom stereocenters. The summed E-state index contributed by atoms with van der Waals surface area (Å²) in [5, 5.41) is 10.8. The van der Waals surface area contributed by atoms with Crippen LogP contribution in [0.4, 0.5) is 0 Å². The minimum Gasteiger partial charge on any atom is -0.385 e. The van der Waals surface area contributed by atoms with Gasteiger partial charge in [-0.3, -0.25) is 0 Å². The van der Waals surface area contributed by atoms with E-state index in [9.17, 15) is 5.11 Å². The molecule has 6 unspecified atom stereocenters. The Bertz CT molecular complexity index is 392. The summed E-state index contributed by atoms with van der Waals surface area (Å²) in [6.07, 6.45) is 15.2. The van der Waals surface area contributed by atoms with E-state index in [4.69, 9.17) is 0 Å². The van der Waals surface area contributed by atoms with Gasteiger partial charge in [-0.05, 0) is 42.4 Å². The van der Waals surface area contributed by atoms with Crippen LogP contribution in [0, 0.1) is 29.6 Å². The zero-order valence-electron chi connectivity index (χ0n) is 12.7. The minimum atomic E-state index is -0.654. The van der Waals surface area contributed by atoms with Crippen molar-refractivity contribution in [2.75, 3.05) is 0 Å². The van der Waals surface area contributed by atoms with Gasteiger partial charge in [0.1, 0.15) is 0 Å². The highest BCUT2D eigenvalue weighted by Gasteiger charge is 2.35. The maximum Gasteiger partial charge on any atom is 0.0892 e. The van der Waals surface area contributed by atoms with Crippen molar-refractivity contribution in [3.63, 3.8) is 0 Å². The molecule has 2 rings (SSSR count). The Balaban J connectivity index is 2.09. The first-order valence-corrected chi connectivity index (χ1v) is 7.69. The molecule has 0 heterocycles. The number of hydrogen-bond acceptors (Lipinski definition) is 1. The Hall–Kier alpha value is -0.820. The lowest BCUT2D eigenvalue weighted by atomic mass is 9.72. The third-order valence-corrected chi connectivity index (χ3v) is 5.45. The van der Waals surface area contributed by atoms with Gasteiger partial charge in [-0.25, -0.2) is 0 Å². The summed E-state index contributed by atoms with van der Waals surface area (Å²) >= 11 is 0. The molecule has 19 heavy (non-hydrogen) atoms. The summed E-state index contributed by atoms with van der Waals surface area (Å²) in [5.41, 5.74) is -0.654. The second-order valence-electron chi connectivity index (χ2n) is 6.68. The average molecular weight is 260 g/mol. The Kier molecular flexibility index (Phi) is 4.35. The molecule has 0 aromatic heterocycles. The van der Waals surface area contributed by atoms with Crippen LogP contribution in [0.15, 0.2) is 36.5 Å². The van der Waals surface area contributed by atoms with Gasteiger partial charge in [-0.15, -0.1) is 0 Å². The lowest BCUT2D eigenvalue weighted by Gasteiger charge is -2.37. The molecule has 0 radical (unpaired) electrons. The second kappa shape index (κ2) is 5.66. The minimum absolute atomic E-state index is 0.292. The largest absolute Gasteiger partial charge is 0.385 e. The van der Waals surface area contributed by atoms with Crippen LogP contribution in [0.2, 0.25) is 0 Å². The molecule has 0 aromatic rings. The molecule has 1 nitrogen and oxygen atoms in total. The quantitative estimate of drug-likeness (QED) is 0.732. The molecule has 2 aliphatic carbocycles. The monoisotopic (exact) mass is 260 g/mol. The summed E-state index contributed by atoms with van der Waals surface area (Å²) in [7, 11) is 0. The maximum absolute atomic E-state index is 10.8. The van der Waals surface area contributed by atoms with Crippen LogP contribution in [-0.4, -0.2) is 10.7 Å². The molecular weight excluding hydrogens is 232 g/mol. The number of aliphatic hydroxyl groups is 1. The van der Waals surface area contributed by atoms with E-state index in [0.717, 1.165) is 12.8 Å². The fourth-order valence-electron chi connectivity index (χ4n) is 3.27. The van der Waals surface area contributed by atoms with Crippen LogP contribution in [0.1, 0.15) is 40.5 Å². The first-order valence-electron chi connectivity index (χ1n) is 7.69. The molecule has 0 aliphatic heterocycles. The molecule has 2 aliphatic rings. The summed E-state index contributed by atoms with van der Waals surface area (Å²) in [4.78, 5) is 0. The Morgan fingerprint density at radius 3 is 2.47 bits per heavy atom. The molecule has 0 saturated heterocycles. The van der Waals surface area contributed by atoms with Gasteiger partial charge in [0.2, 0.25) is 0 Å². The van der Waals surface area contributed by atoms with Gasteiger partial charge in [-0.2, -0.15) is 0 Å². The highest BCUT2D eigenvalue weighted by molar-refractivity contribution is 5.16. The fraction of sp³-hybridized carbons (Fsp3) is 0.667. The predicted molar refractivity (Wildman–Crippen MR) is 81.7 cm³/mol. The molecule has 1 N–H and O–H groups in total. The van der Waals surface area contributed by atoms with Crippen LogP contribution in [0.25, 0.3) is 0 Å². The van der Waals surface area contributed by atoms with Gasteiger partial charge in [0, 0.05) is 0 Å². The van der Waals surface area contributed by atoms with E-state index in [-0.39, 0.29) is 0 Å². The molecule has 0 amide bonds. The zero-order valence-corrected chi connectivity index (χ0v) is 12.7. The molecule has 0 saturated carbocycles. The van der Waals surface area contributed by atoms with E-state index in [0.29, 0.717) is 29.6 Å². The number of allylic oxidation sites excluding steroid dienone is 4. The van der Waals surface area contributed by atoms with Crippen molar-refractivity contribution in [2.24, 2.45) is 29.6 Å². The van der Waals surface area contributed by atoms with E-state index in [1.54, 1.807) is 0 Å². The normalized spacial score (nSPS) is 46.9. The van der Waals surface area contributed by atoms with Crippen LogP contribution in [-0.2, 0) is 0 Å². The third-order valence-electron chi connectivity index (χ3n) is 5.45. The number of rotatable bonds is 2. The van der Waals surface area contributed by atoms with E-state index in [1.807, 2.05) is 0 Å². The van der Waals surface area contributed by atoms with Gasteiger partial charge < -0.3 is 5.11 Å². The Morgan fingerprint density at radius 2 is 1.74 bits per heavy atom. The van der Waals surface area contributed by atoms with Crippen molar-refractivity contribution in [1.82, 2.24) is 0 Å². The molecule has 1 heteroatoms. The van der Waals surface area contributed by atoms with Crippen molar-refractivity contribution in [1.29, 1.82) is 0 Å². The van der Waals surface area contributed by atoms with Gasteiger partial charge in [0.15, 0.2) is 0 Å². The van der Waals surface area contributed by atoms with Crippen molar-refractivity contribution in [3.8, 4) is 0 Å². The predicted octanol–water partition coefficient (Wildman–Crippen LogP) is 4.35.